The summed E-state index contributed by atoms with van der Waals surface area (Å²) in [5.41, 5.74) is 11.2. The third kappa shape index (κ3) is 3.47. The van der Waals surface area contributed by atoms with Gasteiger partial charge in [0.2, 0.25) is 0 Å². The molecule has 1 fully saturated rings. The molecule has 0 saturated carbocycles. The minimum atomic E-state index is -0.362. The van der Waals surface area contributed by atoms with Crippen LogP contribution in [0.1, 0.15) is 30.9 Å². The lowest BCUT2D eigenvalue weighted by molar-refractivity contribution is -0.118. The van der Waals surface area contributed by atoms with Crippen LogP contribution in [-0.4, -0.2) is 11.1 Å². The quantitative estimate of drug-likeness (QED) is 0.607. The lowest BCUT2D eigenvalue weighted by Gasteiger charge is -2.16. The van der Waals surface area contributed by atoms with E-state index in [4.69, 9.17) is 4.42 Å². The smallest absolute Gasteiger partial charge is 0.286 e. The monoisotopic (exact) mass is 376 g/mol. The van der Waals surface area contributed by atoms with E-state index < -0.39 is 0 Å². The molecule has 1 amide bonds. The zero-order valence-electron chi connectivity index (χ0n) is 15.5. The number of nitrogens with one attached hydrogen (secondary N) is 3. The largest absolute Gasteiger partial charge is 0.463 e. The predicted octanol–water partition coefficient (Wildman–Crippen LogP) is 3.14. The summed E-state index contributed by atoms with van der Waals surface area (Å²) in [6.45, 7) is 4.13. The molecule has 1 saturated heterocycles. The van der Waals surface area contributed by atoms with Crippen LogP contribution in [-0.2, 0) is 4.79 Å². The Kier molecular flexibility index (Phi) is 4.58. The highest BCUT2D eigenvalue weighted by Crippen LogP contribution is 2.20. The van der Waals surface area contributed by atoms with Gasteiger partial charge in [-0.15, -0.1) is 0 Å². The molecule has 2 aromatic carbocycles. The predicted molar refractivity (Wildman–Crippen MR) is 108 cm³/mol. The van der Waals surface area contributed by atoms with Crippen molar-refractivity contribution in [2.45, 2.75) is 19.8 Å². The Morgan fingerprint density at radius 2 is 1.86 bits per heavy atom. The average Bonchev–Trinajstić information content (AvgIpc) is 3.03. The molecule has 2 heterocycles. The number of hydrogen-bond donors (Lipinski definition) is 3. The van der Waals surface area contributed by atoms with E-state index in [0.29, 0.717) is 22.5 Å². The van der Waals surface area contributed by atoms with Crippen LogP contribution in [0, 0.1) is 0 Å². The van der Waals surface area contributed by atoms with Gasteiger partial charge in [0, 0.05) is 0 Å². The van der Waals surface area contributed by atoms with Crippen LogP contribution in [0.5, 0.6) is 0 Å². The number of fused-ring (bicyclic) bond motifs is 1. The standard InChI is InChI=1S/C21H20N4O3/c1-13(2)14-8-9-19-17(10-14)20(26)15(12-28-19)11-18-21(27)24-25(23-18)22-16-6-4-3-5-7-16/h3-13,22-23H,1-2H3,(H,24,27). The molecule has 7 nitrogen and oxygen atoms in total. The van der Waals surface area contributed by atoms with E-state index in [0.717, 1.165) is 11.3 Å². The van der Waals surface area contributed by atoms with Gasteiger partial charge in [-0.3, -0.25) is 20.4 Å². The summed E-state index contributed by atoms with van der Waals surface area (Å²) in [5.74, 6) is -0.0652. The van der Waals surface area contributed by atoms with Crippen molar-refractivity contribution >= 4 is 28.6 Å². The van der Waals surface area contributed by atoms with E-state index in [1.165, 1.54) is 17.6 Å². The maximum atomic E-state index is 12.9. The molecular weight excluding hydrogens is 356 g/mol. The normalized spacial score (nSPS) is 15.8. The van der Waals surface area contributed by atoms with Crippen molar-refractivity contribution < 1.29 is 9.21 Å². The third-order valence-corrected chi connectivity index (χ3v) is 4.49. The summed E-state index contributed by atoms with van der Waals surface area (Å²) < 4.78 is 5.59. The van der Waals surface area contributed by atoms with Crippen molar-refractivity contribution in [3.05, 3.63) is 81.8 Å². The highest BCUT2D eigenvalue weighted by Gasteiger charge is 2.24. The van der Waals surface area contributed by atoms with Crippen molar-refractivity contribution in [3.63, 3.8) is 0 Å². The van der Waals surface area contributed by atoms with Crippen LogP contribution < -0.4 is 21.7 Å². The molecule has 1 aliphatic rings. The topological polar surface area (TPSA) is 86.6 Å². The number of amides is 1. The first kappa shape index (κ1) is 17.8. The van der Waals surface area contributed by atoms with Crippen molar-refractivity contribution in [1.82, 2.24) is 16.1 Å². The molecule has 4 rings (SSSR count). The van der Waals surface area contributed by atoms with E-state index in [-0.39, 0.29) is 17.0 Å². The van der Waals surface area contributed by atoms with Gasteiger partial charge in [0.25, 0.3) is 5.91 Å². The van der Waals surface area contributed by atoms with Gasteiger partial charge in [-0.2, -0.15) is 0 Å². The third-order valence-electron chi connectivity index (χ3n) is 4.49. The molecule has 28 heavy (non-hydrogen) atoms. The van der Waals surface area contributed by atoms with Crippen molar-refractivity contribution in [3.8, 4) is 0 Å². The second kappa shape index (κ2) is 7.21. The number of para-hydroxylation sites is 1. The summed E-state index contributed by atoms with van der Waals surface area (Å²) in [5, 5.41) is 1.83. The first-order valence-electron chi connectivity index (χ1n) is 8.98. The van der Waals surface area contributed by atoms with Gasteiger partial charge in [-0.1, -0.05) is 38.1 Å². The maximum Gasteiger partial charge on any atom is 0.286 e. The Balaban J connectivity index is 1.63. The number of anilines is 1. The Morgan fingerprint density at radius 3 is 2.61 bits per heavy atom. The minimum Gasteiger partial charge on any atom is -0.463 e. The van der Waals surface area contributed by atoms with Crippen LogP contribution >= 0.6 is 0 Å². The van der Waals surface area contributed by atoms with Crippen LogP contribution in [0.3, 0.4) is 0 Å². The second-order valence-corrected chi connectivity index (χ2v) is 6.85. The molecule has 142 valence electrons. The van der Waals surface area contributed by atoms with E-state index in [9.17, 15) is 9.59 Å². The van der Waals surface area contributed by atoms with E-state index in [2.05, 4.69) is 30.1 Å². The molecule has 0 bridgehead atoms. The van der Waals surface area contributed by atoms with Gasteiger partial charge >= 0.3 is 0 Å². The molecule has 0 aliphatic carbocycles. The van der Waals surface area contributed by atoms with Gasteiger partial charge in [-0.25, -0.2) is 5.43 Å². The number of rotatable bonds is 4. The lowest BCUT2D eigenvalue weighted by atomic mass is 10.0. The first-order valence-corrected chi connectivity index (χ1v) is 8.98. The molecule has 0 atom stereocenters. The number of hydrazine groups is 3. The molecule has 7 heteroatoms. The fourth-order valence-electron chi connectivity index (χ4n) is 2.93. The van der Waals surface area contributed by atoms with Crippen LogP contribution in [0.4, 0.5) is 5.69 Å². The molecule has 3 aromatic rings. The van der Waals surface area contributed by atoms with Gasteiger partial charge in [0.15, 0.2) is 5.43 Å². The van der Waals surface area contributed by atoms with E-state index in [1.807, 2.05) is 42.5 Å². The Morgan fingerprint density at radius 1 is 1.07 bits per heavy atom. The van der Waals surface area contributed by atoms with Crippen LogP contribution in [0.25, 0.3) is 17.0 Å². The maximum absolute atomic E-state index is 12.9. The molecule has 1 aromatic heterocycles. The fraction of sp³-hybridized carbons (Fsp3) is 0.143. The van der Waals surface area contributed by atoms with Crippen molar-refractivity contribution in [2.24, 2.45) is 0 Å². The van der Waals surface area contributed by atoms with Gasteiger partial charge in [0.1, 0.15) is 17.5 Å². The molecule has 0 radical (unpaired) electrons. The Labute approximate surface area is 161 Å². The summed E-state index contributed by atoms with van der Waals surface area (Å²) in [4.78, 5) is 25.1. The average molecular weight is 376 g/mol. The first-order chi connectivity index (χ1) is 13.5. The number of hydrogen-bond acceptors (Lipinski definition) is 6. The van der Waals surface area contributed by atoms with Crippen molar-refractivity contribution in [1.29, 1.82) is 0 Å². The lowest BCUT2D eigenvalue weighted by Crippen LogP contribution is -2.43. The SMILES string of the molecule is CC(C)c1ccc2occ(C=C3NN(Nc4ccccc4)NC3=O)c(=O)c2c1. The minimum absolute atomic E-state index is 0.180. The van der Waals surface area contributed by atoms with E-state index in [1.54, 1.807) is 6.07 Å². The van der Waals surface area contributed by atoms with Crippen LogP contribution in [0.2, 0.25) is 0 Å². The zero-order chi connectivity index (χ0) is 19.7. The van der Waals surface area contributed by atoms with Gasteiger partial charge in [-0.05, 0) is 47.0 Å². The highest BCUT2D eigenvalue weighted by atomic mass is 16.3. The number of benzene rings is 2. The fourth-order valence-corrected chi connectivity index (χ4v) is 2.93. The molecule has 1 aliphatic heterocycles. The zero-order valence-corrected chi connectivity index (χ0v) is 15.5. The Bertz CT molecular complexity index is 1120. The van der Waals surface area contributed by atoms with Gasteiger partial charge < -0.3 is 4.42 Å². The molecule has 0 spiro atoms. The van der Waals surface area contributed by atoms with Gasteiger partial charge in [0.05, 0.1) is 16.6 Å². The summed E-state index contributed by atoms with van der Waals surface area (Å²) in [6.07, 6.45) is 2.85. The molecule has 0 unspecified atom stereocenters. The summed E-state index contributed by atoms with van der Waals surface area (Å²) >= 11 is 0. The van der Waals surface area contributed by atoms with E-state index >= 15 is 0 Å². The summed E-state index contributed by atoms with van der Waals surface area (Å²) in [7, 11) is 0. The molecular formula is C21H20N4O3. The van der Waals surface area contributed by atoms with Crippen LogP contribution in [0.15, 0.2) is 69.7 Å². The molecule has 3 N–H and O–H groups in total. The number of nitrogens with zero attached hydrogens (tertiary/aromatic N) is 1. The summed E-state index contributed by atoms with van der Waals surface area (Å²) in [6, 6.07) is 15.0. The number of carbonyl (C=O) groups excluding carboxylic acids is 1. The van der Waals surface area contributed by atoms with Crippen molar-refractivity contribution in [2.75, 3.05) is 5.43 Å². The Hall–Kier alpha value is -3.58. The number of carbonyl (C=O) groups is 1. The highest BCUT2D eigenvalue weighted by molar-refractivity contribution is 5.98. The second-order valence-electron chi connectivity index (χ2n) is 6.85.